The van der Waals surface area contributed by atoms with E-state index in [-0.39, 0.29) is 12.1 Å². The van der Waals surface area contributed by atoms with Crippen LogP contribution < -0.4 is 9.21 Å². The van der Waals surface area contributed by atoms with Gasteiger partial charge in [-0.3, -0.25) is 0 Å². The summed E-state index contributed by atoms with van der Waals surface area (Å²) in [7, 11) is -3.69. The molecule has 5 heterocycles. The van der Waals surface area contributed by atoms with Crippen LogP contribution in [-0.2, 0) is 14.9 Å². The molecule has 0 amide bonds. The van der Waals surface area contributed by atoms with Gasteiger partial charge in [0.2, 0.25) is 0 Å². The smallest absolute Gasteiger partial charge is 0.305 e. The Hall–Kier alpha value is -2.76. The molecule has 2 saturated heterocycles. The summed E-state index contributed by atoms with van der Waals surface area (Å²) in [5, 5.41) is 0.890. The van der Waals surface area contributed by atoms with Crippen molar-refractivity contribution in [2.24, 2.45) is 0 Å². The summed E-state index contributed by atoms with van der Waals surface area (Å²) in [4.78, 5) is 19.3. The molecule has 33 heavy (non-hydrogen) atoms. The third-order valence-electron chi connectivity index (χ3n) is 6.21. The molecular weight excluding hydrogens is 442 g/mol. The number of ether oxygens (including phenoxy) is 1. The molecule has 0 spiro atoms. The molecule has 3 aromatic rings. The highest BCUT2D eigenvalue weighted by molar-refractivity contribution is 7.90. The van der Waals surface area contributed by atoms with Crippen molar-refractivity contribution >= 4 is 32.9 Å². The maximum absolute atomic E-state index is 13.5. The van der Waals surface area contributed by atoms with Crippen molar-refractivity contribution in [2.45, 2.75) is 39.3 Å². The third kappa shape index (κ3) is 3.94. The zero-order valence-electron chi connectivity index (χ0n) is 19.1. The summed E-state index contributed by atoms with van der Waals surface area (Å²) in [5.74, 6) is 1.56. The molecule has 11 heteroatoms. The molecule has 5 rings (SSSR count). The first-order chi connectivity index (χ1) is 15.9. The second-order valence-corrected chi connectivity index (χ2v) is 10.6. The highest BCUT2D eigenvalue weighted by Gasteiger charge is 2.37. The summed E-state index contributed by atoms with van der Waals surface area (Å²) in [6.07, 6.45) is 4.27. The molecular formula is C22H29N7O3S. The van der Waals surface area contributed by atoms with Crippen molar-refractivity contribution in [1.29, 1.82) is 0 Å². The van der Waals surface area contributed by atoms with E-state index in [0.717, 1.165) is 23.0 Å². The van der Waals surface area contributed by atoms with Gasteiger partial charge in [-0.2, -0.15) is 12.7 Å². The normalized spacial score (nSPS) is 21.8. The lowest BCUT2D eigenvalue weighted by atomic mass is 10.1. The Morgan fingerprint density at radius 3 is 2.76 bits per heavy atom. The van der Waals surface area contributed by atoms with Crippen LogP contribution in [0.1, 0.15) is 27.2 Å². The van der Waals surface area contributed by atoms with Crippen molar-refractivity contribution in [3.63, 3.8) is 0 Å². The minimum Gasteiger partial charge on any atom is -0.377 e. The van der Waals surface area contributed by atoms with Gasteiger partial charge >= 0.3 is 10.2 Å². The van der Waals surface area contributed by atoms with Gasteiger partial charge in [0.25, 0.3) is 0 Å². The van der Waals surface area contributed by atoms with Gasteiger partial charge in [0, 0.05) is 55.1 Å². The summed E-state index contributed by atoms with van der Waals surface area (Å²) >= 11 is 0. The van der Waals surface area contributed by atoms with E-state index in [4.69, 9.17) is 14.7 Å². The van der Waals surface area contributed by atoms with Crippen LogP contribution in [0.25, 0.3) is 22.4 Å². The Morgan fingerprint density at radius 1 is 1.15 bits per heavy atom. The van der Waals surface area contributed by atoms with Crippen LogP contribution >= 0.6 is 0 Å². The highest BCUT2D eigenvalue weighted by Crippen LogP contribution is 2.32. The minimum atomic E-state index is -3.69. The summed E-state index contributed by atoms with van der Waals surface area (Å²) in [6, 6.07) is 5.58. The average Bonchev–Trinajstić information content (AvgIpc) is 3.27. The number of pyridine rings is 1. The molecule has 2 fully saturated rings. The quantitative estimate of drug-likeness (QED) is 0.623. The Kier molecular flexibility index (Phi) is 5.71. The maximum Gasteiger partial charge on any atom is 0.305 e. The molecule has 3 aromatic heterocycles. The van der Waals surface area contributed by atoms with Crippen molar-refractivity contribution in [3.8, 4) is 11.4 Å². The Bertz CT molecular complexity index is 1260. The highest BCUT2D eigenvalue weighted by atomic mass is 32.2. The van der Waals surface area contributed by atoms with Crippen molar-refractivity contribution in [2.75, 3.05) is 42.1 Å². The lowest BCUT2D eigenvalue weighted by Gasteiger charge is -2.38. The van der Waals surface area contributed by atoms with E-state index in [9.17, 15) is 8.42 Å². The second-order valence-electron chi connectivity index (χ2n) is 8.76. The molecule has 0 radical (unpaired) electrons. The molecule has 0 aromatic carbocycles. The summed E-state index contributed by atoms with van der Waals surface area (Å²) in [5.41, 5.74) is 1.54. The summed E-state index contributed by atoms with van der Waals surface area (Å²) < 4.78 is 35.5. The van der Waals surface area contributed by atoms with Crippen LogP contribution in [0, 0.1) is 0 Å². The number of nitrogens with one attached hydrogen (secondary N) is 1. The maximum atomic E-state index is 13.5. The fourth-order valence-corrected chi connectivity index (χ4v) is 6.36. The SMILES string of the molecule is CC(C)N1CCCN(c2cc(N3CCOC[C@H]3C)nc(-c3ccnc4[nH]ccc34)n2)S1(=O)=O. The van der Waals surface area contributed by atoms with Crippen LogP contribution in [0.15, 0.2) is 30.6 Å². The number of H-pyrrole nitrogens is 1. The Balaban J connectivity index is 1.67. The molecule has 1 atom stereocenters. The zero-order valence-corrected chi connectivity index (χ0v) is 19.9. The van der Waals surface area contributed by atoms with E-state index >= 15 is 0 Å². The van der Waals surface area contributed by atoms with E-state index in [1.807, 2.05) is 32.2 Å². The van der Waals surface area contributed by atoms with Crippen LogP contribution in [0.5, 0.6) is 0 Å². The molecule has 0 bridgehead atoms. The van der Waals surface area contributed by atoms with Gasteiger partial charge in [-0.25, -0.2) is 19.3 Å². The van der Waals surface area contributed by atoms with Gasteiger partial charge in [-0.05, 0) is 39.3 Å². The van der Waals surface area contributed by atoms with Gasteiger partial charge in [-0.15, -0.1) is 0 Å². The Labute approximate surface area is 193 Å². The molecule has 2 aliphatic heterocycles. The van der Waals surface area contributed by atoms with E-state index < -0.39 is 10.2 Å². The van der Waals surface area contributed by atoms with Gasteiger partial charge in [-0.1, -0.05) is 0 Å². The lowest BCUT2D eigenvalue weighted by molar-refractivity contribution is 0.0985. The van der Waals surface area contributed by atoms with Crippen molar-refractivity contribution in [3.05, 3.63) is 30.6 Å². The number of anilines is 2. The Morgan fingerprint density at radius 2 is 1.97 bits per heavy atom. The predicted octanol–water partition coefficient (Wildman–Crippen LogP) is 2.41. The standard InChI is InChI=1S/C22H29N7O3S/c1-15(2)28-9-4-10-29(33(28,30)31)20-13-19(27-11-12-32-14-16(27)3)25-22(26-20)18-6-8-24-21-17(18)5-7-23-21/h5-8,13,15-16H,4,9-12,14H2,1-3H3,(H,23,24)/t16-/m1/s1. The minimum absolute atomic E-state index is 0.115. The fraction of sp³-hybridized carbons (Fsp3) is 0.500. The third-order valence-corrected chi connectivity index (χ3v) is 8.33. The first kappa shape index (κ1) is 22.1. The molecule has 2 aliphatic rings. The zero-order chi connectivity index (χ0) is 23.2. The molecule has 0 aliphatic carbocycles. The fourth-order valence-electron chi connectivity index (χ4n) is 4.53. The number of fused-ring (bicyclic) bond motifs is 1. The van der Waals surface area contributed by atoms with Gasteiger partial charge in [0.1, 0.15) is 17.3 Å². The van der Waals surface area contributed by atoms with Crippen molar-refractivity contribution in [1.82, 2.24) is 24.2 Å². The molecule has 0 unspecified atom stereocenters. The number of aromatic nitrogens is 4. The van der Waals surface area contributed by atoms with Crippen LogP contribution in [-0.4, -0.2) is 77.6 Å². The number of rotatable bonds is 4. The molecule has 176 valence electrons. The number of aromatic amines is 1. The summed E-state index contributed by atoms with van der Waals surface area (Å²) in [6.45, 7) is 8.63. The largest absolute Gasteiger partial charge is 0.377 e. The van der Waals surface area contributed by atoms with Crippen molar-refractivity contribution < 1.29 is 13.2 Å². The van der Waals surface area contributed by atoms with Crippen LogP contribution in [0.3, 0.4) is 0 Å². The molecule has 0 saturated carbocycles. The lowest BCUT2D eigenvalue weighted by Crippen LogP contribution is -2.52. The average molecular weight is 472 g/mol. The number of hydrogen-bond acceptors (Lipinski definition) is 7. The van der Waals surface area contributed by atoms with E-state index in [1.54, 1.807) is 12.3 Å². The second kappa shape index (κ2) is 8.54. The number of hydrogen-bond donors (Lipinski definition) is 1. The van der Waals surface area contributed by atoms with Crippen LogP contribution in [0.4, 0.5) is 11.6 Å². The van der Waals surface area contributed by atoms with E-state index in [1.165, 1.54) is 8.61 Å². The first-order valence-electron chi connectivity index (χ1n) is 11.3. The molecule has 10 nitrogen and oxygen atoms in total. The van der Waals surface area contributed by atoms with Crippen LogP contribution in [0.2, 0.25) is 0 Å². The first-order valence-corrected chi connectivity index (χ1v) is 12.7. The molecule has 1 N–H and O–H groups in total. The van der Waals surface area contributed by atoms with Gasteiger partial charge < -0.3 is 14.6 Å². The topological polar surface area (TPSA) is 108 Å². The van der Waals surface area contributed by atoms with Gasteiger partial charge in [0.05, 0.1) is 19.3 Å². The van der Waals surface area contributed by atoms with E-state index in [2.05, 4.69) is 21.8 Å². The number of nitrogens with zero attached hydrogens (tertiary/aromatic N) is 6. The van der Waals surface area contributed by atoms with Gasteiger partial charge in [0.15, 0.2) is 5.82 Å². The monoisotopic (exact) mass is 471 g/mol. The predicted molar refractivity (Wildman–Crippen MR) is 127 cm³/mol. The van der Waals surface area contributed by atoms with E-state index in [0.29, 0.717) is 50.3 Å². The number of morpholine rings is 1.